The van der Waals surface area contributed by atoms with Gasteiger partial charge in [-0.2, -0.15) is 0 Å². The summed E-state index contributed by atoms with van der Waals surface area (Å²) in [4.78, 5) is 11.2. The Labute approximate surface area is 142 Å². The van der Waals surface area contributed by atoms with E-state index in [0.29, 0.717) is 11.5 Å². The van der Waals surface area contributed by atoms with E-state index < -0.39 is 5.97 Å². The van der Waals surface area contributed by atoms with Gasteiger partial charge in [-0.1, -0.05) is 24.3 Å². The van der Waals surface area contributed by atoms with Crippen LogP contribution in [0.1, 0.15) is 36.3 Å². The third-order valence-electron chi connectivity index (χ3n) is 4.72. The molecule has 3 rings (SSSR count). The Morgan fingerprint density at radius 3 is 2.50 bits per heavy atom. The molecule has 1 N–H and O–H groups in total. The first kappa shape index (κ1) is 16.4. The first-order valence-corrected chi connectivity index (χ1v) is 8.19. The molecule has 126 valence electrons. The van der Waals surface area contributed by atoms with Crippen LogP contribution < -0.4 is 9.47 Å². The Morgan fingerprint density at radius 2 is 1.79 bits per heavy atom. The summed E-state index contributed by atoms with van der Waals surface area (Å²) in [5.74, 6) is 0.758. The van der Waals surface area contributed by atoms with Crippen LogP contribution in [0.3, 0.4) is 0 Å². The highest BCUT2D eigenvalue weighted by Crippen LogP contribution is 2.38. The van der Waals surface area contributed by atoms with Crippen molar-refractivity contribution in [1.29, 1.82) is 0 Å². The highest BCUT2D eigenvalue weighted by Gasteiger charge is 2.23. The summed E-state index contributed by atoms with van der Waals surface area (Å²) in [5.41, 5.74) is 4.56. The van der Waals surface area contributed by atoms with Gasteiger partial charge in [-0.25, -0.2) is 0 Å². The standard InChI is InChI=1S/C20H22O4/c1-23-18-9-8-15(11-19(18)24-2)14-7-6-13-4-3-5-16(12-20(21)22)17(13)10-14/h6-11,16H,3-5,12H2,1-2H3,(H,21,22). The van der Waals surface area contributed by atoms with Crippen molar-refractivity contribution in [2.45, 2.75) is 31.6 Å². The Kier molecular flexibility index (Phi) is 4.74. The predicted molar refractivity (Wildman–Crippen MR) is 92.9 cm³/mol. The lowest BCUT2D eigenvalue weighted by Crippen LogP contribution is -2.13. The Balaban J connectivity index is 2.00. The first-order chi connectivity index (χ1) is 11.6. The predicted octanol–water partition coefficient (Wildman–Crippen LogP) is 4.27. The van der Waals surface area contributed by atoms with E-state index in [4.69, 9.17) is 9.47 Å². The molecule has 0 heterocycles. The fraction of sp³-hybridized carbons (Fsp3) is 0.350. The lowest BCUT2D eigenvalue weighted by atomic mass is 9.80. The van der Waals surface area contributed by atoms with Crippen LogP contribution >= 0.6 is 0 Å². The van der Waals surface area contributed by atoms with Crippen molar-refractivity contribution in [2.24, 2.45) is 0 Å². The van der Waals surface area contributed by atoms with E-state index in [9.17, 15) is 9.90 Å². The van der Waals surface area contributed by atoms with Crippen LogP contribution in [0.25, 0.3) is 11.1 Å². The maximum absolute atomic E-state index is 11.2. The zero-order chi connectivity index (χ0) is 17.1. The molecule has 2 aromatic carbocycles. The molecule has 0 radical (unpaired) electrons. The molecule has 1 atom stereocenters. The zero-order valence-corrected chi connectivity index (χ0v) is 14.0. The average molecular weight is 326 g/mol. The van der Waals surface area contributed by atoms with E-state index in [1.807, 2.05) is 18.2 Å². The molecule has 0 aliphatic heterocycles. The third-order valence-corrected chi connectivity index (χ3v) is 4.72. The number of aliphatic carboxylic acids is 1. The van der Waals surface area contributed by atoms with E-state index >= 15 is 0 Å². The molecular formula is C20H22O4. The SMILES string of the molecule is COc1ccc(-c2ccc3c(c2)C(CC(=O)O)CCC3)cc1OC. The molecule has 24 heavy (non-hydrogen) atoms. The van der Waals surface area contributed by atoms with E-state index in [1.165, 1.54) is 11.1 Å². The maximum Gasteiger partial charge on any atom is 0.303 e. The van der Waals surface area contributed by atoms with Gasteiger partial charge in [0, 0.05) is 0 Å². The summed E-state index contributed by atoms with van der Waals surface area (Å²) < 4.78 is 10.7. The number of ether oxygens (including phenoxy) is 2. The molecule has 0 amide bonds. The molecule has 1 aliphatic rings. The number of methoxy groups -OCH3 is 2. The van der Waals surface area contributed by atoms with Gasteiger partial charge in [0.05, 0.1) is 20.6 Å². The monoisotopic (exact) mass is 326 g/mol. The molecule has 0 bridgehead atoms. The molecule has 1 unspecified atom stereocenters. The van der Waals surface area contributed by atoms with Crippen LogP contribution in [0.4, 0.5) is 0 Å². The normalized spacial score (nSPS) is 16.3. The quantitative estimate of drug-likeness (QED) is 0.891. The number of carbonyl (C=O) groups is 1. The summed E-state index contributed by atoms with van der Waals surface area (Å²) in [7, 11) is 3.24. The van der Waals surface area contributed by atoms with Gasteiger partial charge in [-0.15, -0.1) is 0 Å². The second kappa shape index (κ2) is 6.95. The molecule has 0 aromatic heterocycles. The van der Waals surface area contributed by atoms with Crippen molar-refractivity contribution < 1.29 is 19.4 Å². The topological polar surface area (TPSA) is 55.8 Å². The average Bonchev–Trinajstić information content (AvgIpc) is 2.60. The van der Waals surface area contributed by atoms with Crippen LogP contribution in [0.2, 0.25) is 0 Å². The molecule has 0 fully saturated rings. The molecule has 1 aliphatic carbocycles. The summed E-state index contributed by atoms with van der Waals surface area (Å²) in [6, 6.07) is 12.2. The van der Waals surface area contributed by atoms with Crippen molar-refractivity contribution in [3.8, 4) is 22.6 Å². The highest BCUT2D eigenvalue weighted by molar-refractivity contribution is 5.71. The first-order valence-electron chi connectivity index (χ1n) is 8.19. The number of carboxylic acids is 1. The summed E-state index contributed by atoms with van der Waals surface area (Å²) in [6.45, 7) is 0. The number of carboxylic acid groups (broad SMARTS) is 1. The highest BCUT2D eigenvalue weighted by atomic mass is 16.5. The molecule has 0 spiro atoms. The van der Waals surface area contributed by atoms with Crippen molar-refractivity contribution >= 4 is 5.97 Å². The van der Waals surface area contributed by atoms with Gasteiger partial charge in [-0.3, -0.25) is 4.79 Å². The van der Waals surface area contributed by atoms with Crippen LogP contribution in [0.15, 0.2) is 36.4 Å². The fourth-order valence-electron chi connectivity index (χ4n) is 3.52. The van der Waals surface area contributed by atoms with Crippen LogP contribution in [-0.4, -0.2) is 25.3 Å². The van der Waals surface area contributed by atoms with E-state index in [-0.39, 0.29) is 12.3 Å². The van der Waals surface area contributed by atoms with Crippen molar-refractivity contribution in [1.82, 2.24) is 0 Å². The van der Waals surface area contributed by atoms with E-state index in [0.717, 1.165) is 30.4 Å². The van der Waals surface area contributed by atoms with E-state index in [1.54, 1.807) is 14.2 Å². The molecule has 4 nitrogen and oxygen atoms in total. The van der Waals surface area contributed by atoms with Crippen LogP contribution in [0, 0.1) is 0 Å². The van der Waals surface area contributed by atoms with Gasteiger partial charge in [-0.05, 0) is 59.6 Å². The lowest BCUT2D eigenvalue weighted by molar-refractivity contribution is -0.137. The lowest BCUT2D eigenvalue weighted by Gasteiger charge is -2.25. The zero-order valence-electron chi connectivity index (χ0n) is 14.0. The van der Waals surface area contributed by atoms with Crippen molar-refractivity contribution in [2.75, 3.05) is 14.2 Å². The minimum absolute atomic E-state index is 0.103. The Bertz CT molecular complexity index is 751. The van der Waals surface area contributed by atoms with E-state index in [2.05, 4.69) is 18.2 Å². The third kappa shape index (κ3) is 3.23. The number of rotatable bonds is 5. The van der Waals surface area contributed by atoms with Gasteiger partial charge in [0.25, 0.3) is 0 Å². The molecule has 0 saturated carbocycles. The number of aryl methyl sites for hydroxylation is 1. The number of benzene rings is 2. The molecule has 0 saturated heterocycles. The van der Waals surface area contributed by atoms with Crippen molar-refractivity contribution in [3.63, 3.8) is 0 Å². The smallest absolute Gasteiger partial charge is 0.303 e. The molecular weight excluding hydrogens is 304 g/mol. The van der Waals surface area contributed by atoms with Gasteiger partial charge in [0.2, 0.25) is 0 Å². The van der Waals surface area contributed by atoms with Gasteiger partial charge >= 0.3 is 5.97 Å². The second-order valence-electron chi connectivity index (χ2n) is 6.17. The molecule has 4 heteroatoms. The fourth-order valence-corrected chi connectivity index (χ4v) is 3.52. The van der Waals surface area contributed by atoms with Crippen LogP contribution in [-0.2, 0) is 11.2 Å². The van der Waals surface area contributed by atoms with Gasteiger partial charge in [0.1, 0.15) is 0 Å². The molecule has 2 aromatic rings. The maximum atomic E-state index is 11.2. The van der Waals surface area contributed by atoms with Crippen LogP contribution in [0.5, 0.6) is 11.5 Å². The Morgan fingerprint density at radius 1 is 1.08 bits per heavy atom. The number of fused-ring (bicyclic) bond motifs is 1. The summed E-state index contributed by atoms with van der Waals surface area (Å²) in [5, 5.41) is 9.17. The Hall–Kier alpha value is -2.49. The number of hydrogen-bond donors (Lipinski definition) is 1. The second-order valence-corrected chi connectivity index (χ2v) is 6.17. The minimum Gasteiger partial charge on any atom is -0.493 e. The number of hydrogen-bond acceptors (Lipinski definition) is 3. The summed E-state index contributed by atoms with van der Waals surface area (Å²) >= 11 is 0. The minimum atomic E-state index is -0.732. The largest absolute Gasteiger partial charge is 0.493 e. The summed E-state index contributed by atoms with van der Waals surface area (Å²) in [6.07, 6.45) is 3.22. The van der Waals surface area contributed by atoms with Gasteiger partial charge < -0.3 is 14.6 Å². The van der Waals surface area contributed by atoms with Crippen molar-refractivity contribution in [3.05, 3.63) is 47.5 Å². The van der Waals surface area contributed by atoms with Gasteiger partial charge in [0.15, 0.2) is 11.5 Å².